The fourth-order valence-electron chi connectivity index (χ4n) is 2.58. The predicted octanol–water partition coefficient (Wildman–Crippen LogP) is 3.41. The van der Waals surface area contributed by atoms with E-state index in [1.807, 2.05) is 29.9 Å². The first-order chi connectivity index (χ1) is 9.72. The highest BCUT2D eigenvalue weighted by molar-refractivity contribution is 9.10. The minimum Gasteiger partial charge on any atom is -0.332 e. The minimum atomic E-state index is 0.771. The van der Waals surface area contributed by atoms with Crippen LogP contribution in [0, 0.1) is 0 Å². The van der Waals surface area contributed by atoms with Gasteiger partial charge in [-0.15, -0.1) is 0 Å². The van der Waals surface area contributed by atoms with Crippen LogP contribution in [0.1, 0.15) is 11.3 Å². The second-order valence-corrected chi connectivity index (χ2v) is 5.80. The highest BCUT2D eigenvalue weighted by Crippen LogP contribution is 2.34. The van der Waals surface area contributed by atoms with Crippen molar-refractivity contribution in [1.29, 1.82) is 0 Å². The Morgan fingerprint density at radius 1 is 1.25 bits per heavy atom. The quantitative estimate of drug-likeness (QED) is 0.687. The molecule has 1 aliphatic heterocycles. The van der Waals surface area contributed by atoms with Crippen molar-refractivity contribution < 1.29 is 0 Å². The van der Waals surface area contributed by atoms with Crippen molar-refractivity contribution >= 4 is 38.4 Å². The van der Waals surface area contributed by atoms with Crippen LogP contribution < -0.4 is 0 Å². The van der Waals surface area contributed by atoms with E-state index < -0.39 is 0 Å². The summed E-state index contributed by atoms with van der Waals surface area (Å²) in [6.45, 7) is 0. The van der Waals surface area contributed by atoms with Crippen molar-refractivity contribution in [2.75, 3.05) is 0 Å². The van der Waals surface area contributed by atoms with Crippen LogP contribution in [0.4, 0.5) is 5.69 Å². The van der Waals surface area contributed by atoms with E-state index in [0.29, 0.717) is 0 Å². The van der Waals surface area contributed by atoms with Gasteiger partial charge >= 0.3 is 0 Å². The van der Waals surface area contributed by atoms with Crippen molar-refractivity contribution in [3.05, 3.63) is 52.5 Å². The van der Waals surface area contributed by atoms with E-state index in [1.165, 1.54) is 0 Å². The normalized spacial score (nSPS) is 13.6. The maximum absolute atomic E-state index is 4.80. The molecule has 0 bridgehead atoms. The largest absolute Gasteiger partial charge is 0.332 e. The Morgan fingerprint density at radius 3 is 3.00 bits per heavy atom. The van der Waals surface area contributed by atoms with Gasteiger partial charge in [-0.05, 0) is 17.7 Å². The van der Waals surface area contributed by atoms with Crippen LogP contribution in [0.25, 0.3) is 11.0 Å². The molecule has 20 heavy (non-hydrogen) atoms. The molecule has 5 heteroatoms. The third kappa shape index (κ3) is 1.70. The second kappa shape index (κ2) is 4.24. The van der Waals surface area contributed by atoms with Crippen LogP contribution >= 0.6 is 15.9 Å². The van der Waals surface area contributed by atoms with E-state index >= 15 is 0 Å². The number of benzene rings is 1. The van der Waals surface area contributed by atoms with Gasteiger partial charge in [0.1, 0.15) is 11.2 Å². The summed E-state index contributed by atoms with van der Waals surface area (Å²) in [6, 6.07) is 8.21. The lowest BCUT2D eigenvalue weighted by Gasteiger charge is -2.00. The summed E-state index contributed by atoms with van der Waals surface area (Å²) in [7, 11) is 1.99. The standard InChI is InChI=1S/C15H11BrN4/c1-20-8-18-13-7-17-12-6-11(19-14(12)15(13)20)9-3-2-4-10(16)5-9/h2-5,7-8H,6H2,1H3. The van der Waals surface area contributed by atoms with E-state index in [0.717, 1.165) is 44.6 Å². The molecule has 1 aliphatic rings. The Labute approximate surface area is 124 Å². The third-order valence-corrected chi connectivity index (χ3v) is 4.04. The van der Waals surface area contributed by atoms with Crippen molar-refractivity contribution in [1.82, 2.24) is 14.5 Å². The molecule has 3 aromatic rings. The number of halogens is 1. The van der Waals surface area contributed by atoms with Crippen molar-refractivity contribution in [2.24, 2.45) is 12.0 Å². The SMILES string of the molecule is Cn1cnc2cnc3c(c21)N=C(c1cccc(Br)c1)C3. The van der Waals surface area contributed by atoms with Crippen LogP contribution in [0.3, 0.4) is 0 Å². The highest BCUT2D eigenvalue weighted by Gasteiger charge is 2.21. The van der Waals surface area contributed by atoms with Gasteiger partial charge in [0.25, 0.3) is 0 Å². The maximum atomic E-state index is 4.80. The number of aliphatic imine (C=N–C) groups is 1. The molecule has 0 spiro atoms. The third-order valence-electron chi connectivity index (χ3n) is 3.55. The average molecular weight is 327 g/mol. The van der Waals surface area contributed by atoms with Gasteiger partial charge in [0.2, 0.25) is 0 Å². The molecule has 0 radical (unpaired) electrons. The lowest BCUT2D eigenvalue weighted by molar-refractivity contribution is 0.946. The Hall–Kier alpha value is -2.01. The Balaban J connectivity index is 1.90. The number of nitrogens with zero attached hydrogens (tertiary/aromatic N) is 4. The van der Waals surface area contributed by atoms with Gasteiger partial charge in [0.15, 0.2) is 0 Å². The van der Waals surface area contributed by atoms with Gasteiger partial charge < -0.3 is 4.57 Å². The molecular formula is C15H11BrN4. The summed E-state index contributed by atoms with van der Waals surface area (Å²) in [5.41, 5.74) is 6.12. The molecule has 4 rings (SSSR count). The molecule has 0 aliphatic carbocycles. The smallest absolute Gasteiger partial charge is 0.111 e. The fourth-order valence-corrected chi connectivity index (χ4v) is 2.98. The highest BCUT2D eigenvalue weighted by atomic mass is 79.9. The topological polar surface area (TPSA) is 43.1 Å². The number of hydrogen-bond donors (Lipinski definition) is 0. The van der Waals surface area contributed by atoms with Gasteiger partial charge in [0.05, 0.1) is 29.4 Å². The monoisotopic (exact) mass is 326 g/mol. The Kier molecular flexibility index (Phi) is 2.50. The Morgan fingerprint density at radius 2 is 2.15 bits per heavy atom. The first-order valence-corrected chi connectivity index (χ1v) is 7.14. The van der Waals surface area contributed by atoms with Crippen molar-refractivity contribution in [3.8, 4) is 0 Å². The molecular weight excluding hydrogens is 316 g/mol. The zero-order valence-corrected chi connectivity index (χ0v) is 12.4. The predicted molar refractivity (Wildman–Crippen MR) is 82.6 cm³/mol. The number of pyridine rings is 1. The number of rotatable bonds is 1. The maximum Gasteiger partial charge on any atom is 0.111 e. The molecule has 2 aromatic heterocycles. The molecule has 0 fully saturated rings. The summed E-state index contributed by atoms with van der Waals surface area (Å²) >= 11 is 3.50. The molecule has 0 amide bonds. The second-order valence-electron chi connectivity index (χ2n) is 4.89. The summed E-state index contributed by atoms with van der Waals surface area (Å²) < 4.78 is 3.07. The van der Waals surface area contributed by atoms with Crippen LogP contribution in [0.2, 0.25) is 0 Å². The van der Waals surface area contributed by atoms with Crippen LogP contribution in [-0.2, 0) is 13.5 Å². The van der Waals surface area contributed by atoms with Gasteiger partial charge in [0, 0.05) is 17.9 Å². The van der Waals surface area contributed by atoms with E-state index in [4.69, 9.17) is 4.99 Å². The molecule has 0 saturated heterocycles. The first-order valence-electron chi connectivity index (χ1n) is 6.35. The number of aryl methyl sites for hydroxylation is 1. The van der Waals surface area contributed by atoms with Crippen molar-refractivity contribution in [2.45, 2.75) is 6.42 Å². The van der Waals surface area contributed by atoms with Crippen LogP contribution in [0.15, 0.2) is 46.3 Å². The zero-order chi connectivity index (χ0) is 13.7. The molecule has 0 atom stereocenters. The molecule has 0 N–H and O–H groups in total. The summed E-state index contributed by atoms with van der Waals surface area (Å²) in [5, 5.41) is 0. The lowest BCUT2D eigenvalue weighted by Crippen LogP contribution is -2.00. The summed E-state index contributed by atoms with van der Waals surface area (Å²) in [6.07, 6.45) is 4.40. The minimum absolute atomic E-state index is 0.771. The molecule has 98 valence electrons. The van der Waals surface area contributed by atoms with Gasteiger partial charge in [-0.1, -0.05) is 28.1 Å². The average Bonchev–Trinajstić information content (AvgIpc) is 3.02. The number of aromatic nitrogens is 3. The van der Waals surface area contributed by atoms with E-state index in [-0.39, 0.29) is 0 Å². The van der Waals surface area contributed by atoms with Gasteiger partial charge in [-0.2, -0.15) is 0 Å². The van der Waals surface area contributed by atoms with Crippen LogP contribution in [0.5, 0.6) is 0 Å². The fraction of sp³-hybridized carbons (Fsp3) is 0.133. The molecule has 4 nitrogen and oxygen atoms in total. The summed E-state index contributed by atoms with van der Waals surface area (Å²) in [4.78, 5) is 13.6. The van der Waals surface area contributed by atoms with E-state index in [1.54, 1.807) is 6.33 Å². The zero-order valence-electron chi connectivity index (χ0n) is 10.8. The van der Waals surface area contributed by atoms with Gasteiger partial charge in [-0.3, -0.25) is 4.98 Å². The summed E-state index contributed by atoms with van der Waals surface area (Å²) in [5.74, 6) is 0. The molecule has 1 aromatic carbocycles. The molecule has 0 saturated carbocycles. The number of fused-ring (bicyclic) bond motifs is 3. The van der Waals surface area contributed by atoms with E-state index in [9.17, 15) is 0 Å². The Bertz CT molecular complexity index is 863. The molecule has 0 unspecified atom stereocenters. The number of imidazole rings is 1. The van der Waals surface area contributed by atoms with Crippen LogP contribution in [-0.4, -0.2) is 20.2 Å². The molecule has 3 heterocycles. The van der Waals surface area contributed by atoms with Crippen molar-refractivity contribution in [3.63, 3.8) is 0 Å². The number of hydrogen-bond acceptors (Lipinski definition) is 3. The lowest BCUT2D eigenvalue weighted by atomic mass is 10.1. The van der Waals surface area contributed by atoms with Gasteiger partial charge in [-0.25, -0.2) is 9.98 Å². The first kappa shape index (κ1) is 11.8. The van der Waals surface area contributed by atoms with E-state index in [2.05, 4.69) is 38.0 Å².